The number of carbonyl (C=O) groups is 4. The van der Waals surface area contributed by atoms with E-state index in [1.807, 2.05) is 30.3 Å². The zero-order valence-electron chi connectivity index (χ0n) is 17.2. The van der Waals surface area contributed by atoms with Gasteiger partial charge in [0.05, 0.1) is 11.4 Å². The number of benzene rings is 2. The van der Waals surface area contributed by atoms with Gasteiger partial charge in [-0.25, -0.2) is 4.79 Å². The minimum atomic E-state index is -1.13. The molecular weight excluding hydrogens is 398 g/mol. The molecule has 160 valence electrons. The molecular formula is C23H23N3O5. The molecule has 0 saturated heterocycles. The lowest BCUT2D eigenvalue weighted by Crippen LogP contribution is -2.48. The summed E-state index contributed by atoms with van der Waals surface area (Å²) in [5.74, 6) is -2.08. The quantitative estimate of drug-likeness (QED) is 0.549. The van der Waals surface area contributed by atoms with Gasteiger partial charge in [-0.3, -0.25) is 19.3 Å². The van der Waals surface area contributed by atoms with Gasteiger partial charge in [-0.1, -0.05) is 42.5 Å². The fraction of sp³-hybridized carbons (Fsp3) is 0.217. The van der Waals surface area contributed by atoms with Crippen molar-refractivity contribution in [1.82, 2.24) is 5.32 Å². The Morgan fingerprint density at radius 3 is 2.48 bits per heavy atom. The van der Waals surface area contributed by atoms with Crippen LogP contribution < -0.4 is 15.5 Å². The first-order valence-electron chi connectivity index (χ1n) is 9.79. The molecule has 31 heavy (non-hydrogen) atoms. The third-order valence-corrected chi connectivity index (χ3v) is 4.62. The predicted octanol–water partition coefficient (Wildman–Crippen LogP) is 2.12. The summed E-state index contributed by atoms with van der Waals surface area (Å²) in [5, 5.41) is 5.20. The maximum atomic E-state index is 12.8. The first-order valence-corrected chi connectivity index (χ1v) is 9.79. The van der Waals surface area contributed by atoms with E-state index in [2.05, 4.69) is 10.6 Å². The van der Waals surface area contributed by atoms with Crippen LogP contribution in [0.15, 0.2) is 60.7 Å². The van der Waals surface area contributed by atoms with Crippen molar-refractivity contribution in [2.75, 3.05) is 16.8 Å². The molecule has 0 aliphatic carbocycles. The van der Waals surface area contributed by atoms with Gasteiger partial charge < -0.3 is 15.4 Å². The Balaban J connectivity index is 1.57. The van der Waals surface area contributed by atoms with Gasteiger partial charge in [0.2, 0.25) is 11.8 Å². The van der Waals surface area contributed by atoms with Gasteiger partial charge in [0.25, 0.3) is 5.91 Å². The summed E-state index contributed by atoms with van der Waals surface area (Å²) in [6.45, 7) is 2.73. The minimum Gasteiger partial charge on any atom is -0.451 e. The van der Waals surface area contributed by atoms with Gasteiger partial charge in [-0.15, -0.1) is 0 Å². The fourth-order valence-electron chi connectivity index (χ4n) is 3.03. The van der Waals surface area contributed by atoms with Crippen LogP contribution in [0.3, 0.4) is 0 Å². The maximum absolute atomic E-state index is 12.8. The molecule has 0 fully saturated rings. The summed E-state index contributed by atoms with van der Waals surface area (Å²) >= 11 is 0. The average molecular weight is 421 g/mol. The van der Waals surface area contributed by atoms with E-state index in [4.69, 9.17) is 4.74 Å². The lowest BCUT2D eigenvalue weighted by atomic mass is 10.1. The number of nitrogens with one attached hydrogen (secondary N) is 2. The van der Waals surface area contributed by atoms with Crippen LogP contribution in [0.25, 0.3) is 6.08 Å². The molecule has 0 aromatic heterocycles. The summed E-state index contributed by atoms with van der Waals surface area (Å²) in [6, 6.07) is 15.2. The second-order valence-electron chi connectivity index (χ2n) is 7.04. The summed E-state index contributed by atoms with van der Waals surface area (Å²) in [6.07, 6.45) is 1.81. The highest BCUT2D eigenvalue weighted by molar-refractivity contribution is 6.11. The topological polar surface area (TPSA) is 105 Å². The highest BCUT2D eigenvalue weighted by Gasteiger charge is 2.32. The molecule has 8 heteroatoms. The largest absolute Gasteiger partial charge is 0.451 e. The minimum absolute atomic E-state index is 0.172. The van der Waals surface area contributed by atoms with Crippen molar-refractivity contribution in [2.24, 2.45) is 0 Å². The third-order valence-electron chi connectivity index (χ3n) is 4.62. The molecule has 8 nitrogen and oxygen atoms in total. The molecule has 1 aliphatic heterocycles. The zero-order chi connectivity index (χ0) is 22.4. The Labute approximate surface area is 179 Å². The van der Waals surface area contributed by atoms with E-state index in [9.17, 15) is 19.2 Å². The van der Waals surface area contributed by atoms with Crippen LogP contribution in [0, 0.1) is 0 Å². The SMILES string of the molecule is C[C@H](NC(=O)/C=C/c1ccccc1)C(=O)O[C@H](C)C(=O)N1CC(=O)Nc2ccccc21. The number of nitrogens with zero attached hydrogens (tertiary/aromatic N) is 1. The lowest BCUT2D eigenvalue weighted by molar-refractivity contribution is -0.156. The van der Waals surface area contributed by atoms with Gasteiger partial charge in [-0.2, -0.15) is 0 Å². The van der Waals surface area contributed by atoms with Crippen LogP contribution >= 0.6 is 0 Å². The number of amides is 3. The number of carbonyl (C=O) groups excluding carboxylic acids is 4. The molecule has 3 rings (SSSR count). The van der Waals surface area contributed by atoms with Gasteiger partial charge in [-0.05, 0) is 37.6 Å². The van der Waals surface area contributed by atoms with Crippen molar-refractivity contribution in [2.45, 2.75) is 26.0 Å². The lowest BCUT2D eigenvalue weighted by Gasteiger charge is -2.31. The number of ether oxygens (including phenoxy) is 1. The van der Waals surface area contributed by atoms with Gasteiger partial charge in [0.1, 0.15) is 12.6 Å². The smallest absolute Gasteiger partial charge is 0.329 e. The van der Waals surface area contributed by atoms with Crippen molar-refractivity contribution >= 4 is 41.1 Å². The molecule has 2 atom stereocenters. The summed E-state index contributed by atoms with van der Waals surface area (Å²) in [4.78, 5) is 50.4. The number of hydrogen-bond acceptors (Lipinski definition) is 5. The monoisotopic (exact) mass is 421 g/mol. The number of para-hydroxylation sites is 2. The molecule has 2 aromatic rings. The van der Waals surface area contributed by atoms with Crippen LogP contribution in [0.4, 0.5) is 11.4 Å². The van der Waals surface area contributed by atoms with Crippen molar-refractivity contribution in [3.63, 3.8) is 0 Å². The number of anilines is 2. The van der Waals surface area contributed by atoms with Crippen LogP contribution in [-0.4, -0.2) is 42.4 Å². The standard InChI is InChI=1S/C23H23N3O5/c1-15(24-20(27)13-12-17-8-4-3-5-9-17)23(30)31-16(2)22(29)26-14-21(28)25-18-10-6-7-11-19(18)26/h3-13,15-16H,14H2,1-2H3,(H,24,27)(H,25,28)/b13-12+/t15-,16+/m0/s1. The molecule has 1 aliphatic rings. The molecule has 1 heterocycles. The van der Waals surface area contributed by atoms with Gasteiger partial charge in [0, 0.05) is 6.08 Å². The molecule has 0 unspecified atom stereocenters. The fourth-order valence-corrected chi connectivity index (χ4v) is 3.03. The highest BCUT2D eigenvalue weighted by atomic mass is 16.5. The number of hydrogen-bond donors (Lipinski definition) is 2. The molecule has 2 N–H and O–H groups in total. The van der Waals surface area contributed by atoms with Crippen molar-refractivity contribution in [3.8, 4) is 0 Å². The van der Waals surface area contributed by atoms with E-state index >= 15 is 0 Å². The molecule has 0 spiro atoms. The third kappa shape index (κ3) is 5.57. The second-order valence-corrected chi connectivity index (χ2v) is 7.04. The normalized spacial score (nSPS) is 14.9. The first kappa shape index (κ1) is 21.8. The summed E-state index contributed by atoms with van der Waals surface area (Å²) in [7, 11) is 0. The summed E-state index contributed by atoms with van der Waals surface area (Å²) in [5.41, 5.74) is 1.89. The Hall–Kier alpha value is -3.94. The maximum Gasteiger partial charge on any atom is 0.329 e. The van der Waals surface area contributed by atoms with Crippen molar-refractivity contribution < 1.29 is 23.9 Å². The Morgan fingerprint density at radius 1 is 1.06 bits per heavy atom. The Kier molecular flexibility index (Phi) is 6.81. The van der Waals surface area contributed by atoms with Crippen LogP contribution in [0.2, 0.25) is 0 Å². The molecule has 0 radical (unpaired) electrons. The van der Waals surface area contributed by atoms with Crippen LogP contribution in [0.5, 0.6) is 0 Å². The Bertz CT molecular complexity index is 1020. The molecule has 2 aromatic carbocycles. The van der Waals surface area contributed by atoms with Gasteiger partial charge >= 0.3 is 5.97 Å². The number of esters is 1. The summed E-state index contributed by atoms with van der Waals surface area (Å²) < 4.78 is 5.24. The second kappa shape index (κ2) is 9.71. The van der Waals surface area contributed by atoms with E-state index in [1.54, 1.807) is 30.3 Å². The van der Waals surface area contributed by atoms with Crippen molar-refractivity contribution in [3.05, 3.63) is 66.2 Å². The molecule has 3 amide bonds. The Morgan fingerprint density at radius 2 is 1.74 bits per heavy atom. The van der Waals surface area contributed by atoms with E-state index in [-0.39, 0.29) is 12.5 Å². The van der Waals surface area contributed by atoms with E-state index in [1.165, 1.54) is 24.8 Å². The predicted molar refractivity (Wildman–Crippen MR) is 116 cm³/mol. The van der Waals surface area contributed by atoms with E-state index < -0.39 is 29.9 Å². The average Bonchev–Trinajstić information content (AvgIpc) is 2.77. The zero-order valence-corrected chi connectivity index (χ0v) is 17.2. The number of fused-ring (bicyclic) bond motifs is 1. The van der Waals surface area contributed by atoms with Crippen LogP contribution in [0.1, 0.15) is 19.4 Å². The molecule has 0 bridgehead atoms. The van der Waals surface area contributed by atoms with Crippen LogP contribution in [-0.2, 0) is 23.9 Å². The van der Waals surface area contributed by atoms with E-state index in [0.717, 1.165) is 5.56 Å². The van der Waals surface area contributed by atoms with E-state index in [0.29, 0.717) is 11.4 Å². The number of rotatable bonds is 6. The molecule has 0 saturated carbocycles. The highest BCUT2D eigenvalue weighted by Crippen LogP contribution is 2.29. The van der Waals surface area contributed by atoms with Crippen molar-refractivity contribution in [1.29, 1.82) is 0 Å². The van der Waals surface area contributed by atoms with Gasteiger partial charge in [0.15, 0.2) is 6.10 Å². The first-order chi connectivity index (χ1) is 14.8.